The van der Waals surface area contributed by atoms with Crippen molar-refractivity contribution in [2.75, 3.05) is 0 Å². The average molecular weight is 208 g/mol. The first-order chi connectivity index (χ1) is 7.00. The molecule has 1 unspecified atom stereocenters. The highest BCUT2D eigenvalue weighted by molar-refractivity contribution is 5.79. The van der Waals surface area contributed by atoms with E-state index in [0.29, 0.717) is 11.3 Å². The van der Waals surface area contributed by atoms with E-state index in [0.717, 1.165) is 0 Å². The highest BCUT2D eigenvalue weighted by Crippen LogP contribution is 2.18. The first kappa shape index (κ1) is 11.0. The van der Waals surface area contributed by atoms with Gasteiger partial charge in [-0.15, -0.1) is 0 Å². The lowest BCUT2D eigenvalue weighted by Gasteiger charge is -2.06. The maximum atomic E-state index is 10.6. The summed E-state index contributed by atoms with van der Waals surface area (Å²) in [5.41, 5.74) is 16.7. The molecule has 0 saturated carbocycles. The fourth-order valence-electron chi connectivity index (χ4n) is 1.08. The summed E-state index contributed by atoms with van der Waals surface area (Å²) in [5.74, 6) is -1.19. The van der Waals surface area contributed by atoms with E-state index < -0.39 is 12.0 Å². The summed E-state index contributed by atoms with van der Waals surface area (Å²) in [7, 11) is 0. The Morgan fingerprint density at radius 2 is 2.07 bits per heavy atom. The predicted octanol–water partition coefficient (Wildman–Crippen LogP) is -0.324. The van der Waals surface area contributed by atoms with Crippen LogP contribution in [0.4, 0.5) is 5.69 Å². The molecule has 0 radical (unpaired) electrons. The van der Waals surface area contributed by atoms with Crippen LogP contribution in [0.25, 0.3) is 0 Å². The predicted molar refractivity (Wildman–Crippen MR) is 56.5 cm³/mol. The van der Waals surface area contributed by atoms with Gasteiger partial charge in [-0.05, 0) is 17.7 Å². The van der Waals surface area contributed by atoms with Crippen LogP contribution in [0.3, 0.4) is 0 Å². The lowest BCUT2D eigenvalue weighted by atomic mass is 10.1. The van der Waals surface area contributed by atoms with Crippen LogP contribution in [0, 0.1) is 0 Å². The van der Waals surface area contributed by atoms with Crippen molar-refractivity contribution in [2.24, 2.45) is 22.2 Å². The van der Waals surface area contributed by atoms with E-state index in [1.54, 1.807) is 18.2 Å². The van der Waals surface area contributed by atoms with Gasteiger partial charge in [-0.2, -0.15) is 0 Å². The number of carboxylic acids is 1. The third-order valence-corrected chi connectivity index (χ3v) is 1.75. The third kappa shape index (κ3) is 2.96. The van der Waals surface area contributed by atoms with Crippen molar-refractivity contribution in [1.29, 1.82) is 0 Å². The van der Waals surface area contributed by atoms with Crippen molar-refractivity contribution in [3.8, 4) is 0 Å². The van der Waals surface area contributed by atoms with Crippen LogP contribution in [-0.2, 0) is 4.79 Å². The molecule has 0 fully saturated rings. The van der Waals surface area contributed by atoms with Gasteiger partial charge >= 0.3 is 5.97 Å². The van der Waals surface area contributed by atoms with Gasteiger partial charge in [-0.1, -0.05) is 12.1 Å². The van der Waals surface area contributed by atoms with E-state index in [2.05, 4.69) is 4.99 Å². The van der Waals surface area contributed by atoms with E-state index in [1.165, 1.54) is 6.07 Å². The second-order valence-electron chi connectivity index (χ2n) is 2.95. The zero-order valence-electron chi connectivity index (χ0n) is 7.92. The Hall–Kier alpha value is -2.08. The molecular weight excluding hydrogens is 196 g/mol. The zero-order valence-corrected chi connectivity index (χ0v) is 7.92. The van der Waals surface area contributed by atoms with Crippen molar-refractivity contribution in [2.45, 2.75) is 6.04 Å². The van der Waals surface area contributed by atoms with Gasteiger partial charge in [0.2, 0.25) is 0 Å². The molecule has 0 aliphatic carbocycles. The van der Waals surface area contributed by atoms with Gasteiger partial charge in [0.25, 0.3) is 0 Å². The van der Waals surface area contributed by atoms with Gasteiger partial charge in [0.1, 0.15) is 6.04 Å². The van der Waals surface area contributed by atoms with E-state index in [9.17, 15) is 4.79 Å². The molecule has 0 aliphatic heterocycles. The molecule has 0 heterocycles. The van der Waals surface area contributed by atoms with Gasteiger partial charge in [-0.3, -0.25) is 4.79 Å². The number of benzene rings is 1. The number of aliphatic imine (C=N–C) groups is 1. The molecule has 0 aliphatic rings. The summed E-state index contributed by atoms with van der Waals surface area (Å²) < 4.78 is 0. The Morgan fingerprint density at radius 1 is 1.40 bits per heavy atom. The number of nitrogens with zero attached hydrogens (tertiary/aromatic N) is 1. The normalized spacial score (nSPS) is 11.8. The molecule has 1 atom stereocenters. The van der Waals surface area contributed by atoms with E-state index in [1.807, 2.05) is 0 Å². The molecule has 6 heteroatoms. The number of rotatable bonds is 3. The highest BCUT2D eigenvalue weighted by Gasteiger charge is 2.13. The minimum atomic E-state index is -1.10. The Bertz CT molecular complexity index is 399. The fourth-order valence-corrected chi connectivity index (χ4v) is 1.08. The van der Waals surface area contributed by atoms with Crippen LogP contribution in [0.5, 0.6) is 0 Å². The Morgan fingerprint density at radius 3 is 2.60 bits per heavy atom. The molecule has 1 aromatic rings. The molecule has 1 rings (SSSR count). The van der Waals surface area contributed by atoms with Gasteiger partial charge in [0.15, 0.2) is 5.96 Å². The molecule has 15 heavy (non-hydrogen) atoms. The topological polar surface area (TPSA) is 128 Å². The number of hydrogen-bond donors (Lipinski definition) is 4. The summed E-state index contributed by atoms with van der Waals surface area (Å²) in [6, 6.07) is 5.35. The molecule has 80 valence electrons. The van der Waals surface area contributed by atoms with Crippen molar-refractivity contribution in [3.05, 3.63) is 29.8 Å². The maximum Gasteiger partial charge on any atom is 0.325 e. The fraction of sp³-hybridized carbons (Fsp3) is 0.111. The molecule has 7 N–H and O–H groups in total. The second-order valence-corrected chi connectivity index (χ2v) is 2.95. The number of guanidine groups is 1. The second kappa shape index (κ2) is 4.43. The standard InChI is InChI=1S/C9H12N4O2/c10-7(8(14)15)5-2-1-3-6(4-5)13-9(11)12/h1-4,7H,10H2,(H,14,15)(H4,11,12,13). The number of carboxylic acid groups (broad SMARTS) is 1. The molecule has 0 bridgehead atoms. The number of carbonyl (C=O) groups is 1. The van der Waals surface area contributed by atoms with E-state index in [-0.39, 0.29) is 5.96 Å². The lowest BCUT2D eigenvalue weighted by Crippen LogP contribution is -2.22. The minimum Gasteiger partial charge on any atom is -0.480 e. The van der Waals surface area contributed by atoms with E-state index >= 15 is 0 Å². The van der Waals surface area contributed by atoms with Crippen LogP contribution in [0.2, 0.25) is 0 Å². The summed E-state index contributed by atoms with van der Waals surface area (Å²) in [6.45, 7) is 0. The molecule has 6 nitrogen and oxygen atoms in total. The first-order valence-electron chi connectivity index (χ1n) is 4.18. The Balaban J connectivity index is 3.02. The van der Waals surface area contributed by atoms with E-state index in [4.69, 9.17) is 22.3 Å². The van der Waals surface area contributed by atoms with Gasteiger partial charge in [0, 0.05) is 0 Å². The van der Waals surface area contributed by atoms with Crippen LogP contribution in [0.15, 0.2) is 29.3 Å². The van der Waals surface area contributed by atoms with Crippen molar-refractivity contribution < 1.29 is 9.90 Å². The van der Waals surface area contributed by atoms with Crippen molar-refractivity contribution in [1.82, 2.24) is 0 Å². The molecule has 0 spiro atoms. The quantitative estimate of drug-likeness (QED) is 0.399. The minimum absolute atomic E-state index is 0.0870. The number of aliphatic carboxylic acids is 1. The maximum absolute atomic E-state index is 10.6. The Kier molecular flexibility index (Phi) is 3.25. The van der Waals surface area contributed by atoms with Gasteiger partial charge in [-0.25, -0.2) is 4.99 Å². The summed E-state index contributed by atoms with van der Waals surface area (Å²) >= 11 is 0. The SMILES string of the molecule is NC(N)=Nc1cccc(C(N)C(=O)O)c1. The average Bonchev–Trinajstić information content (AvgIpc) is 2.16. The monoisotopic (exact) mass is 208 g/mol. The van der Waals surface area contributed by atoms with Crippen LogP contribution in [0.1, 0.15) is 11.6 Å². The largest absolute Gasteiger partial charge is 0.480 e. The summed E-state index contributed by atoms with van der Waals surface area (Å²) in [4.78, 5) is 14.4. The third-order valence-electron chi connectivity index (χ3n) is 1.75. The molecular formula is C9H12N4O2. The summed E-state index contributed by atoms with van der Waals surface area (Å²) in [6.07, 6.45) is 0. The summed E-state index contributed by atoms with van der Waals surface area (Å²) in [5, 5.41) is 8.70. The Labute approximate surface area is 86.4 Å². The molecule has 0 amide bonds. The highest BCUT2D eigenvalue weighted by atomic mass is 16.4. The van der Waals surface area contributed by atoms with Gasteiger partial charge < -0.3 is 22.3 Å². The van der Waals surface area contributed by atoms with Gasteiger partial charge in [0.05, 0.1) is 5.69 Å². The number of nitrogens with two attached hydrogens (primary N) is 3. The van der Waals surface area contributed by atoms with Crippen LogP contribution in [-0.4, -0.2) is 17.0 Å². The molecule has 0 saturated heterocycles. The van der Waals surface area contributed by atoms with Crippen LogP contribution >= 0.6 is 0 Å². The smallest absolute Gasteiger partial charge is 0.325 e. The first-order valence-corrected chi connectivity index (χ1v) is 4.18. The van der Waals surface area contributed by atoms with Crippen molar-refractivity contribution in [3.63, 3.8) is 0 Å². The van der Waals surface area contributed by atoms with Crippen LogP contribution < -0.4 is 17.2 Å². The zero-order chi connectivity index (χ0) is 11.4. The van der Waals surface area contributed by atoms with Crippen molar-refractivity contribution >= 4 is 17.6 Å². The molecule has 0 aromatic heterocycles. The molecule has 1 aromatic carbocycles. The number of hydrogen-bond acceptors (Lipinski definition) is 3. The lowest BCUT2D eigenvalue weighted by molar-refractivity contribution is -0.138.